The number of rotatable bonds is 8. The largest absolute Gasteiger partial charge is 0.462 e. The maximum Gasteiger partial charge on any atom is 0.340 e. The van der Waals surface area contributed by atoms with Gasteiger partial charge in [0.15, 0.2) is 0 Å². The van der Waals surface area contributed by atoms with E-state index >= 15 is 0 Å². The Morgan fingerprint density at radius 3 is 2.48 bits per heavy atom. The fourth-order valence-electron chi connectivity index (χ4n) is 4.14. The number of hydrogen-bond acceptors (Lipinski definition) is 6. The number of piperidine rings is 1. The Bertz CT molecular complexity index is 852. The molecular weight excluding hydrogens is 392 g/mol. The van der Waals surface area contributed by atoms with Gasteiger partial charge in [-0.2, -0.15) is 5.26 Å². The molecule has 7 heteroatoms. The van der Waals surface area contributed by atoms with Crippen molar-refractivity contribution in [3.63, 3.8) is 0 Å². The normalized spacial score (nSPS) is 18.0. The van der Waals surface area contributed by atoms with Crippen molar-refractivity contribution in [1.82, 2.24) is 10.6 Å². The van der Waals surface area contributed by atoms with Gasteiger partial charge in [-0.05, 0) is 59.1 Å². The molecule has 1 fully saturated rings. The molecule has 168 valence electrons. The number of benzene rings is 1. The molecule has 0 saturated carbocycles. The first kappa shape index (κ1) is 24.4. The number of anilines is 1. The second kappa shape index (κ2) is 10.5. The van der Waals surface area contributed by atoms with Gasteiger partial charge in [-0.1, -0.05) is 25.5 Å². The van der Waals surface area contributed by atoms with E-state index in [4.69, 9.17) is 4.74 Å². The second-order valence-electron chi connectivity index (χ2n) is 9.32. The van der Waals surface area contributed by atoms with E-state index in [2.05, 4.69) is 43.6 Å². The quantitative estimate of drug-likeness (QED) is 0.252. The van der Waals surface area contributed by atoms with Gasteiger partial charge in [0.05, 0.1) is 17.9 Å². The van der Waals surface area contributed by atoms with Crippen LogP contribution in [0.3, 0.4) is 0 Å². The number of ether oxygens (including phenoxy) is 1. The average molecular weight is 427 g/mol. The molecule has 0 bridgehead atoms. The Morgan fingerprint density at radius 1 is 1.23 bits per heavy atom. The van der Waals surface area contributed by atoms with E-state index in [1.54, 1.807) is 24.3 Å². The molecule has 0 radical (unpaired) electrons. The third-order valence-electron chi connectivity index (χ3n) is 5.14. The highest BCUT2D eigenvalue weighted by Crippen LogP contribution is 2.28. The summed E-state index contributed by atoms with van der Waals surface area (Å²) in [5, 5.41) is 19.0. The number of amides is 1. The van der Waals surface area contributed by atoms with Gasteiger partial charge in [0.1, 0.15) is 11.6 Å². The van der Waals surface area contributed by atoms with E-state index in [0.29, 0.717) is 12.3 Å². The highest BCUT2D eigenvalue weighted by atomic mass is 16.5. The van der Waals surface area contributed by atoms with Crippen molar-refractivity contribution in [2.45, 2.75) is 77.4 Å². The van der Waals surface area contributed by atoms with Gasteiger partial charge in [0.25, 0.3) is 5.91 Å². The summed E-state index contributed by atoms with van der Waals surface area (Å²) in [6.07, 6.45) is 4.89. The minimum absolute atomic E-state index is 0.0525. The molecule has 1 aliphatic rings. The Kier molecular flexibility index (Phi) is 8.23. The Morgan fingerprint density at radius 2 is 1.87 bits per heavy atom. The lowest BCUT2D eigenvalue weighted by molar-refractivity contribution is -0.112. The zero-order valence-corrected chi connectivity index (χ0v) is 19.2. The van der Waals surface area contributed by atoms with Gasteiger partial charge >= 0.3 is 5.97 Å². The fourth-order valence-corrected chi connectivity index (χ4v) is 4.14. The molecule has 0 atom stereocenters. The van der Waals surface area contributed by atoms with Gasteiger partial charge < -0.3 is 20.7 Å². The molecule has 1 saturated heterocycles. The van der Waals surface area contributed by atoms with Crippen LogP contribution in [0.2, 0.25) is 0 Å². The molecule has 0 spiro atoms. The van der Waals surface area contributed by atoms with E-state index in [1.165, 1.54) is 6.20 Å². The summed E-state index contributed by atoms with van der Waals surface area (Å²) in [7, 11) is 0. The van der Waals surface area contributed by atoms with E-state index in [1.807, 2.05) is 13.0 Å². The molecule has 31 heavy (non-hydrogen) atoms. The smallest absolute Gasteiger partial charge is 0.340 e. The Balaban J connectivity index is 2.08. The van der Waals surface area contributed by atoms with Gasteiger partial charge in [0, 0.05) is 23.3 Å². The summed E-state index contributed by atoms with van der Waals surface area (Å²) in [5.41, 5.74) is 0.417. The third-order valence-corrected chi connectivity index (χ3v) is 5.14. The third kappa shape index (κ3) is 7.41. The number of esters is 1. The molecule has 1 aromatic carbocycles. The van der Waals surface area contributed by atoms with Crippen LogP contribution in [0.25, 0.3) is 0 Å². The summed E-state index contributed by atoms with van der Waals surface area (Å²) >= 11 is 0. The van der Waals surface area contributed by atoms with Crippen molar-refractivity contribution in [2.75, 3.05) is 11.9 Å². The molecule has 1 amide bonds. The van der Waals surface area contributed by atoms with Crippen molar-refractivity contribution >= 4 is 17.6 Å². The van der Waals surface area contributed by atoms with E-state index in [0.717, 1.165) is 25.7 Å². The average Bonchev–Trinajstić information content (AvgIpc) is 2.66. The highest BCUT2D eigenvalue weighted by Gasteiger charge is 2.37. The van der Waals surface area contributed by atoms with E-state index in [9.17, 15) is 14.9 Å². The van der Waals surface area contributed by atoms with Crippen molar-refractivity contribution in [1.29, 1.82) is 5.26 Å². The number of para-hydroxylation sites is 1. The van der Waals surface area contributed by atoms with Gasteiger partial charge in [0.2, 0.25) is 0 Å². The minimum atomic E-state index is -0.573. The lowest BCUT2D eigenvalue weighted by atomic mass is 9.80. The monoisotopic (exact) mass is 426 g/mol. The summed E-state index contributed by atoms with van der Waals surface area (Å²) in [6.45, 7) is 10.9. The molecule has 2 rings (SSSR count). The SMILES string of the molecule is CCCCOC(=O)c1ccccc1NC(=O)/C(C#N)=C\NC1CC(C)(C)NC(C)(C)C1. The first-order chi connectivity index (χ1) is 14.6. The van der Waals surface area contributed by atoms with Crippen LogP contribution >= 0.6 is 0 Å². The summed E-state index contributed by atoms with van der Waals surface area (Å²) in [4.78, 5) is 25.0. The minimum Gasteiger partial charge on any atom is -0.462 e. The summed E-state index contributed by atoms with van der Waals surface area (Å²) in [5.74, 6) is -1.07. The lowest BCUT2D eigenvalue weighted by Gasteiger charge is -2.46. The van der Waals surface area contributed by atoms with E-state index in [-0.39, 0.29) is 28.3 Å². The van der Waals surface area contributed by atoms with Gasteiger partial charge in [-0.25, -0.2) is 4.79 Å². The summed E-state index contributed by atoms with van der Waals surface area (Å²) in [6, 6.07) is 8.71. The number of carbonyl (C=O) groups is 2. The van der Waals surface area contributed by atoms with Crippen LogP contribution in [-0.2, 0) is 9.53 Å². The Labute approximate surface area is 185 Å². The molecule has 1 aliphatic heterocycles. The van der Waals surface area contributed by atoms with Crippen LogP contribution in [0.4, 0.5) is 5.69 Å². The standard InChI is InChI=1S/C24H34N4O3/c1-6-7-12-31-22(30)19-10-8-9-11-20(19)27-21(29)17(15-25)16-26-18-13-23(2,3)28-24(4,5)14-18/h8-11,16,18,26,28H,6-7,12-14H2,1-5H3,(H,27,29)/b17-16-. The molecule has 0 aromatic heterocycles. The first-order valence-electron chi connectivity index (χ1n) is 10.8. The molecule has 1 aromatic rings. The van der Waals surface area contributed by atoms with Crippen LogP contribution in [0.15, 0.2) is 36.0 Å². The lowest BCUT2D eigenvalue weighted by Crippen LogP contribution is -2.61. The van der Waals surface area contributed by atoms with Crippen LogP contribution in [0.5, 0.6) is 0 Å². The van der Waals surface area contributed by atoms with Crippen LogP contribution in [0, 0.1) is 11.3 Å². The number of carbonyl (C=O) groups excluding carboxylic acids is 2. The van der Waals surface area contributed by atoms with Gasteiger partial charge in [-0.3, -0.25) is 4.79 Å². The molecule has 1 heterocycles. The number of nitrogens with one attached hydrogen (secondary N) is 3. The fraction of sp³-hybridized carbons (Fsp3) is 0.542. The highest BCUT2D eigenvalue weighted by molar-refractivity contribution is 6.09. The molecule has 7 nitrogen and oxygen atoms in total. The van der Waals surface area contributed by atoms with Crippen LogP contribution in [-0.4, -0.2) is 35.6 Å². The van der Waals surface area contributed by atoms with Crippen molar-refractivity contribution < 1.29 is 14.3 Å². The van der Waals surface area contributed by atoms with Gasteiger partial charge in [-0.15, -0.1) is 0 Å². The maximum atomic E-state index is 12.7. The topological polar surface area (TPSA) is 103 Å². The zero-order valence-electron chi connectivity index (χ0n) is 19.2. The molecule has 0 unspecified atom stereocenters. The van der Waals surface area contributed by atoms with E-state index < -0.39 is 11.9 Å². The maximum absolute atomic E-state index is 12.7. The van der Waals surface area contributed by atoms with Crippen LogP contribution in [0.1, 0.15) is 70.7 Å². The number of hydrogen-bond donors (Lipinski definition) is 3. The first-order valence-corrected chi connectivity index (χ1v) is 10.8. The molecular formula is C24H34N4O3. The van der Waals surface area contributed by atoms with Crippen LogP contribution < -0.4 is 16.0 Å². The van der Waals surface area contributed by atoms with Crippen molar-refractivity contribution in [2.24, 2.45) is 0 Å². The molecule has 0 aliphatic carbocycles. The zero-order chi connectivity index (χ0) is 23.1. The van der Waals surface area contributed by atoms with Crippen molar-refractivity contribution in [3.8, 4) is 6.07 Å². The predicted molar refractivity (Wildman–Crippen MR) is 121 cm³/mol. The number of nitrogens with zero attached hydrogens (tertiary/aromatic N) is 1. The summed E-state index contributed by atoms with van der Waals surface area (Å²) < 4.78 is 5.26. The Hall–Kier alpha value is -2.85. The molecule has 3 N–H and O–H groups in total. The number of unbranched alkanes of at least 4 members (excludes halogenated alkanes) is 1. The predicted octanol–water partition coefficient (Wildman–Crippen LogP) is 3.89. The second-order valence-corrected chi connectivity index (χ2v) is 9.32. The number of nitriles is 1. The van der Waals surface area contributed by atoms with Crippen molar-refractivity contribution in [3.05, 3.63) is 41.6 Å².